The first-order valence-electron chi connectivity index (χ1n) is 8.04. The van der Waals surface area contributed by atoms with Gasteiger partial charge in [-0.2, -0.15) is 0 Å². The number of amides is 1. The maximum Gasteiger partial charge on any atom is 0.224 e. The highest BCUT2D eigenvalue weighted by Crippen LogP contribution is 2.28. The van der Waals surface area contributed by atoms with Gasteiger partial charge in [-0.15, -0.1) is 0 Å². The summed E-state index contributed by atoms with van der Waals surface area (Å²) in [6.07, 6.45) is 9.60. The molecule has 0 radical (unpaired) electrons. The Balaban J connectivity index is 1.57. The van der Waals surface area contributed by atoms with E-state index in [0.29, 0.717) is 0 Å². The highest BCUT2D eigenvalue weighted by atomic mass is 16.2. The fraction of sp³-hybridized carbons (Fsp3) is 0.333. The van der Waals surface area contributed by atoms with E-state index in [2.05, 4.69) is 45.2 Å². The third-order valence-electron chi connectivity index (χ3n) is 4.49. The molecule has 1 aromatic rings. The van der Waals surface area contributed by atoms with Crippen LogP contribution in [0.25, 0.3) is 12.3 Å². The van der Waals surface area contributed by atoms with E-state index >= 15 is 0 Å². The number of carbonyl (C=O) groups excluding carboxylic acids is 1. The van der Waals surface area contributed by atoms with Crippen molar-refractivity contribution in [2.75, 3.05) is 0 Å². The van der Waals surface area contributed by atoms with Gasteiger partial charge in [-0.25, -0.2) is 0 Å². The summed E-state index contributed by atoms with van der Waals surface area (Å²) in [7, 11) is 0. The standard InChI is InChI=1S/C18H20N4O/c1-11-17(20-7-6-19-11)14-5-4-13-9-16(21-10-15(13)8-14)22-18(23)12-2-3-12/h4-10,12,16-17,20-21H,2-3H2,1H3,(H,22,23). The molecule has 3 aliphatic rings. The molecule has 0 spiro atoms. The highest BCUT2D eigenvalue weighted by molar-refractivity contribution is 5.89. The van der Waals surface area contributed by atoms with Gasteiger partial charge in [0.15, 0.2) is 0 Å². The van der Waals surface area contributed by atoms with Gasteiger partial charge in [0.1, 0.15) is 6.17 Å². The number of benzene rings is 1. The van der Waals surface area contributed by atoms with Gasteiger partial charge in [0.25, 0.3) is 0 Å². The quantitative estimate of drug-likeness (QED) is 0.749. The number of aliphatic imine (C=N–C) groups is 1. The fourth-order valence-electron chi connectivity index (χ4n) is 2.98. The van der Waals surface area contributed by atoms with Gasteiger partial charge in [0, 0.05) is 30.2 Å². The van der Waals surface area contributed by atoms with Crippen molar-refractivity contribution in [1.82, 2.24) is 16.0 Å². The molecule has 2 aliphatic heterocycles. The zero-order valence-corrected chi connectivity index (χ0v) is 13.0. The summed E-state index contributed by atoms with van der Waals surface area (Å²) in [4.78, 5) is 16.2. The molecular formula is C18H20N4O. The smallest absolute Gasteiger partial charge is 0.224 e. The number of nitrogens with zero attached hydrogens (tertiary/aromatic N) is 1. The van der Waals surface area contributed by atoms with E-state index in [0.717, 1.165) is 29.0 Å². The maximum absolute atomic E-state index is 11.9. The molecule has 1 amide bonds. The molecule has 5 nitrogen and oxygen atoms in total. The van der Waals surface area contributed by atoms with Crippen LogP contribution < -0.4 is 26.4 Å². The van der Waals surface area contributed by atoms with E-state index in [1.165, 1.54) is 5.56 Å². The zero-order chi connectivity index (χ0) is 15.8. The molecule has 118 valence electrons. The van der Waals surface area contributed by atoms with Crippen LogP contribution in [-0.2, 0) is 4.79 Å². The Morgan fingerprint density at radius 2 is 2.13 bits per heavy atom. The van der Waals surface area contributed by atoms with Crippen LogP contribution in [0.4, 0.5) is 0 Å². The molecular weight excluding hydrogens is 288 g/mol. The molecule has 2 atom stereocenters. The number of hydrogen-bond donors (Lipinski definition) is 3. The molecule has 0 bridgehead atoms. The lowest BCUT2D eigenvalue weighted by Gasteiger charge is -2.22. The van der Waals surface area contributed by atoms with Crippen LogP contribution in [0.1, 0.15) is 31.4 Å². The van der Waals surface area contributed by atoms with Gasteiger partial charge in [-0.05, 0) is 47.9 Å². The van der Waals surface area contributed by atoms with E-state index in [-0.39, 0.29) is 24.0 Å². The third kappa shape index (κ3) is 2.86. The van der Waals surface area contributed by atoms with Gasteiger partial charge < -0.3 is 16.0 Å². The molecule has 1 aliphatic carbocycles. The number of hydrogen-bond acceptors (Lipinski definition) is 4. The lowest BCUT2D eigenvalue weighted by molar-refractivity contribution is -0.122. The van der Waals surface area contributed by atoms with E-state index in [9.17, 15) is 4.79 Å². The molecule has 2 heterocycles. The van der Waals surface area contributed by atoms with Crippen molar-refractivity contribution in [3.05, 3.63) is 46.6 Å². The third-order valence-corrected chi connectivity index (χ3v) is 4.49. The van der Waals surface area contributed by atoms with Crippen LogP contribution >= 0.6 is 0 Å². The summed E-state index contributed by atoms with van der Waals surface area (Å²) in [6, 6.07) is 6.49. The van der Waals surface area contributed by atoms with Gasteiger partial charge in [-0.1, -0.05) is 12.1 Å². The summed E-state index contributed by atoms with van der Waals surface area (Å²) in [5.41, 5.74) is 2.23. The van der Waals surface area contributed by atoms with Crippen molar-refractivity contribution >= 4 is 23.9 Å². The lowest BCUT2D eigenvalue weighted by Crippen LogP contribution is -2.48. The molecule has 1 aromatic carbocycles. The van der Waals surface area contributed by atoms with Gasteiger partial charge in [0.2, 0.25) is 5.91 Å². The van der Waals surface area contributed by atoms with Crippen LogP contribution in [0.2, 0.25) is 0 Å². The summed E-state index contributed by atoms with van der Waals surface area (Å²) < 4.78 is 0. The molecule has 23 heavy (non-hydrogen) atoms. The Hall–Kier alpha value is -2.56. The molecule has 0 aromatic heterocycles. The SMILES string of the molecule is CC1=NC=CNC1c1ccc2c(c1)=CNC(NC(=O)C1CC1)C=2. The number of nitrogens with one attached hydrogen (secondary N) is 3. The van der Waals surface area contributed by atoms with Gasteiger partial charge in [-0.3, -0.25) is 9.79 Å². The Morgan fingerprint density at radius 1 is 1.26 bits per heavy atom. The van der Waals surface area contributed by atoms with Crippen LogP contribution in [0.15, 0.2) is 35.6 Å². The zero-order valence-electron chi connectivity index (χ0n) is 13.0. The normalized spacial score (nSPS) is 25.0. The average molecular weight is 308 g/mol. The Morgan fingerprint density at radius 3 is 2.91 bits per heavy atom. The number of rotatable bonds is 3. The fourth-order valence-corrected chi connectivity index (χ4v) is 2.98. The van der Waals surface area contributed by atoms with Crippen LogP contribution in [0.3, 0.4) is 0 Å². The minimum Gasteiger partial charge on any atom is -0.378 e. The predicted molar refractivity (Wildman–Crippen MR) is 90.5 cm³/mol. The van der Waals surface area contributed by atoms with Gasteiger partial charge in [0.05, 0.1) is 6.04 Å². The second kappa shape index (κ2) is 5.57. The second-order valence-electron chi connectivity index (χ2n) is 6.31. The van der Waals surface area contributed by atoms with E-state index in [1.807, 2.05) is 19.3 Å². The minimum absolute atomic E-state index is 0.117. The van der Waals surface area contributed by atoms with E-state index < -0.39 is 0 Å². The molecule has 2 unspecified atom stereocenters. The number of carbonyl (C=O) groups is 1. The predicted octanol–water partition coefficient (Wildman–Crippen LogP) is 0.237. The highest BCUT2D eigenvalue weighted by Gasteiger charge is 2.30. The first-order chi connectivity index (χ1) is 11.2. The Kier molecular flexibility index (Phi) is 3.41. The summed E-state index contributed by atoms with van der Waals surface area (Å²) in [5, 5.41) is 11.9. The largest absolute Gasteiger partial charge is 0.378 e. The van der Waals surface area contributed by atoms with Crippen molar-refractivity contribution < 1.29 is 4.79 Å². The minimum atomic E-state index is -0.125. The second-order valence-corrected chi connectivity index (χ2v) is 6.31. The van der Waals surface area contributed by atoms with Crippen molar-refractivity contribution in [3.8, 4) is 0 Å². The topological polar surface area (TPSA) is 65.5 Å². The van der Waals surface area contributed by atoms with E-state index in [1.54, 1.807) is 6.20 Å². The first-order valence-corrected chi connectivity index (χ1v) is 8.04. The van der Waals surface area contributed by atoms with Crippen molar-refractivity contribution in [2.24, 2.45) is 10.9 Å². The molecule has 3 N–H and O–H groups in total. The molecule has 0 saturated heterocycles. The lowest BCUT2D eigenvalue weighted by atomic mass is 10.00. The van der Waals surface area contributed by atoms with Crippen LogP contribution in [0, 0.1) is 5.92 Å². The van der Waals surface area contributed by atoms with Gasteiger partial charge >= 0.3 is 0 Å². The number of fused-ring (bicyclic) bond motifs is 1. The van der Waals surface area contributed by atoms with Crippen LogP contribution in [-0.4, -0.2) is 17.8 Å². The Bertz CT molecular complexity index is 820. The molecule has 1 saturated carbocycles. The van der Waals surface area contributed by atoms with Crippen molar-refractivity contribution in [3.63, 3.8) is 0 Å². The van der Waals surface area contributed by atoms with Crippen molar-refractivity contribution in [1.29, 1.82) is 0 Å². The van der Waals surface area contributed by atoms with Crippen molar-refractivity contribution in [2.45, 2.75) is 32.0 Å². The summed E-state index contributed by atoms with van der Waals surface area (Å²) in [6.45, 7) is 2.03. The molecule has 4 rings (SSSR count). The summed E-state index contributed by atoms with van der Waals surface area (Å²) in [5.74, 6) is 0.374. The molecule has 5 heteroatoms. The maximum atomic E-state index is 11.9. The summed E-state index contributed by atoms with van der Waals surface area (Å²) >= 11 is 0. The first kappa shape index (κ1) is 14.1. The Labute approximate surface area is 134 Å². The molecule has 1 fully saturated rings. The van der Waals surface area contributed by atoms with E-state index in [4.69, 9.17) is 0 Å². The van der Waals surface area contributed by atoms with Crippen LogP contribution in [0.5, 0.6) is 0 Å². The monoisotopic (exact) mass is 308 g/mol. The average Bonchev–Trinajstić information content (AvgIpc) is 3.40.